The molecule has 0 aliphatic rings. The van der Waals surface area contributed by atoms with Crippen LogP contribution in [0.1, 0.15) is 0 Å². The number of aliphatic hydroxyl groups is 2. The van der Waals surface area contributed by atoms with Gasteiger partial charge in [0.2, 0.25) is 0 Å². The molecule has 0 bridgehead atoms. The quantitative estimate of drug-likeness (QED) is 0.471. The zero-order valence-corrected chi connectivity index (χ0v) is 10.1. The first-order valence-corrected chi connectivity index (χ1v) is 3.36. The summed E-state index contributed by atoms with van der Waals surface area (Å²) in [7, 11) is 0. The Balaban J connectivity index is -0.0000000720. The van der Waals surface area contributed by atoms with Gasteiger partial charge in [0.05, 0.1) is 0 Å². The molecule has 0 heterocycles. The maximum Gasteiger partial charge on any atom is 2.00 e. The van der Waals surface area contributed by atoms with Crippen molar-refractivity contribution < 1.29 is 10.2 Å². The van der Waals surface area contributed by atoms with Gasteiger partial charge in [-0.1, -0.05) is 0 Å². The second-order valence-corrected chi connectivity index (χ2v) is 1.67. The molecule has 0 saturated heterocycles. The van der Waals surface area contributed by atoms with Crippen LogP contribution in [0.4, 0.5) is 0 Å². The van der Waals surface area contributed by atoms with Gasteiger partial charge in [-0.3, -0.25) is 0 Å². The van der Waals surface area contributed by atoms with E-state index in [4.69, 9.17) is 10.2 Å². The van der Waals surface area contributed by atoms with Crippen LogP contribution in [0.25, 0.3) is 0 Å². The molecule has 9 heavy (non-hydrogen) atoms. The molecule has 0 fully saturated rings. The molecule has 0 spiro atoms. The van der Waals surface area contributed by atoms with Crippen molar-refractivity contribution in [2.75, 3.05) is 24.7 Å². The number of aliphatic hydroxyl groups excluding tert-OH is 2. The molecular formula is C4H10BiO2S2. The van der Waals surface area contributed by atoms with E-state index < -0.39 is 0 Å². The van der Waals surface area contributed by atoms with E-state index in [-0.39, 0.29) is 39.4 Å². The van der Waals surface area contributed by atoms with Crippen LogP contribution in [0.3, 0.4) is 0 Å². The van der Waals surface area contributed by atoms with Gasteiger partial charge in [-0.2, -0.15) is 11.5 Å². The summed E-state index contributed by atoms with van der Waals surface area (Å²) in [6.45, 7) is 0.269. The zero-order valence-electron chi connectivity index (χ0n) is 4.99. The number of hydrogen-bond acceptors (Lipinski definition) is 4. The minimum absolute atomic E-state index is 0. The molecule has 0 unspecified atom stereocenters. The molecule has 0 aromatic carbocycles. The van der Waals surface area contributed by atoms with E-state index in [9.17, 15) is 0 Å². The Kier molecular flexibility index (Phi) is 42.5. The van der Waals surface area contributed by atoms with E-state index in [2.05, 4.69) is 25.3 Å². The second kappa shape index (κ2) is 22.7. The molecule has 0 aliphatic carbocycles. The van der Waals surface area contributed by atoms with Gasteiger partial charge in [0.15, 0.2) is 0 Å². The van der Waals surface area contributed by atoms with Gasteiger partial charge >= 0.3 is 26.2 Å². The van der Waals surface area contributed by atoms with Gasteiger partial charge in [0.25, 0.3) is 0 Å². The van der Waals surface area contributed by atoms with Crippen molar-refractivity contribution in [1.82, 2.24) is 0 Å². The average Bonchev–Trinajstić information content (AvgIpc) is 1.88. The Labute approximate surface area is 86.0 Å². The Morgan fingerprint density at radius 3 is 1.00 bits per heavy atom. The normalized spacial score (nSPS) is 6.67. The van der Waals surface area contributed by atoms with E-state index >= 15 is 0 Å². The van der Waals surface area contributed by atoms with Crippen molar-refractivity contribution in [1.29, 1.82) is 0 Å². The minimum atomic E-state index is 0. The Morgan fingerprint density at radius 2 is 1.00 bits per heavy atom. The van der Waals surface area contributed by atoms with Crippen LogP contribution in [-0.4, -0.2) is 61.1 Å². The average molecular weight is 363 g/mol. The Bertz CT molecular complexity index is 24.5. The molecular weight excluding hydrogens is 353 g/mol. The predicted molar refractivity (Wildman–Crippen MR) is 44.4 cm³/mol. The molecule has 0 aliphatic heterocycles. The number of rotatable bonds is 2. The molecule has 0 saturated carbocycles. The molecule has 2 N–H and O–H groups in total. The van der Waals surface area contributed by atoms with Crippen LogP contribution in [0, 0.1) is 0 Å². The first-order chi connectivity index (χ1) is 3.83. The third kappa shape index (κ3) is 43.6. The van der Waals surface area contributed by atoms with E-state index in [0.29, 0.717) is 11.5 Å². The van der Waals surface area contributed by atoms with Crippen LogP contribution >= 0.6 is 0 Å². The monoisotopic (exact) mass is 363 g/mol. The standard InChI is InChI=1S/2C2H6OS.Bi/c2*3-1-2-4;/h2*3-4H,1-2H2;/q;;+2/p-2. The molecule has 0 amide bonds. The van der Waals surface area contributed by atoms with Crippen LogP contribution in [0.15, 0.2) is 0 Å². The molecule has 2 nitrogen and oxygen atoms in total. The van der Waals surface area contributed by atoms with Crippen LogP contribution in [0.2, 0.25) is 0 Å². The van der Waals surface area contributed by atoms with Crippen molar-refractivity contribution in [3.63, 3.8) is 0 Å². The molecule has 5 heteroatoms. The van der Waals surface area contributed by atoms with Gasteiger partial charge < -0.3 is 35.5 Å². The fourth-order valence-electron chi connectivity index (χ4n) is 0. The van der Waals surface area contributed by atoms with Crippen molar-refractivity contribution in [2.45, 2.75) is 0 Å². The summed E-state index contributed by atoms with van der Waals surface area (Å²) in [5.74, 6) is 0.917. The summed E-state index contributed by atoms with van der Waals surface area (Å²) < 4.78 is 0. The molecule has 0 aromatic rings. The van der Waals surface area contributed by atoms with Crippen molar-refractivity contribution in [2.24, 2.45) is 0 Å². The Hall–Kier alpha value is 1.50. The minimum Gasteiger partial charge on any atom is -0.790 e. The maximum absolute atomic E-state index is 7.77. The van der Waals surface area contributed by atoms with Gasteiger partial charge in [0.1, 0.15) is 0 Å². The molecule has 3 radical (unpaired) electrons. The van der Waals surface area contributed by atoms with Crippen LogP contribution in [0.5, 0.6) is 0 Å². The molecule has 55 valence electrons. The summed E-state index contributed by atoms with van der Waals surface area (Å²) in [6.07, 6.45) is 0. The first-order valence-electron chi connectivity index (χ1n) is 2.21. The van der Waals surface area contributed by atoms with E-state index in [1.54, 1.807) is 0 Å². The van der Waals surface area contributed by atoms with Gasteiger partial charge in [-0.15, -0.1) is 0 Å². The summed E-state index contributed by atoms with van der Waals surface area (Å²) in [4.78, 5) is 0. The predicted octanol–water partition coefficient (Wildman–Crippen LogP) is -1.33. The van der Waals surface area contributed by atoms with Crippen molar-refractivity contribution in [3.8, 4) is 0 Å². The SMILES string of the molecule is OCC[S-].OCC[S-].[Bi+2]. The third-order valence-corrected chi connectivity index (χ3v) is 0.548. The fourth-order valence-corrected chi connectivity index (χ4v) is 0. The van der Waals surface area contributed by atoms with Crippen LogP contribution in [-0.2, 0) is 25.3 Å². The van der Waals surface area contributed by atoms with E-state index in [1.807, 2.05) is 0 Å². The second-order valence-electron chi connectivity index (χ2n) is 0.855. The first kappa shape index (κ1) is 16.8. The summed E-state index contributed by atoms with van der Waals surface area (Å²) in [6, 6.07) is 0. The molecule has 0 aromatic heterocycles. The van der Waals surface area contributed by atoms with Crippen LogP contribution < -0.4 is 0 Å². The smallest absolute Gasteiger partial charge is 0.790 e. The number of hydrogen-bond donors (Lipinski definition) is 2. The Morgan fingerprint density at radius 1 is 0.889 bits per heavy atom. The fraction of sp³-hybridized carbons (Fsp3) is 1.00. The largest absolute Gasteiger partial charge is 2.00 e. The van der Waals surface area contributed by atoms with Crippen molar-refractivity contribution in [3.05, 3.63) is 0 Å². The topological polar surface area (TPSA) is 40.5 Å². The van der Waals surface area contributed by atoms with Crippen molar-refractivity contribution >= 4 is 51.5 Å². The zero-order chi connectivity index (χ0) is 6.83. The van der Waals surface area contributed by atoms with E-state index in [0.717, 1.165) is 0 Å². The van der Waals surface area contributed by atoms with Gasteiger partial charge in [-0.05, 0) is 0 Å². The maximum atomic E-state index is 7.77. The van der Waals surface area contributed by atoms with E-state index in [1.165, 1.54) is 0 Å². The molecule has 0 rings (SSSR count). The van der Waals surface area contributed by atoms with Gasteiger partial charge in [-0.25, -0.2) is 0 Å². The third-order valence-electron chi connectivity index (χ3n) is 0.183. The summed E-state index contributed by atoms with van der Waals surface area (Å²) in [5, 5.41) is 15.5. The summed E-state index contributed by atoms with van der Waals surface area (Å²) >= 11 is 8.61. The summed E-state index contributed by atoms with van der Waals surface area (Å²) in [5.41, 5.74) is 0. The molecule has 0 atom stereocenters. The van der Waals surface area contributed by atoms with Gasteiger partial charge in [0, 0.05) is 13.2 Å².